The van der Waals surface area contributed by atoms with Crippen LogP contribution in [0.1, 0.15) is 12.8 Å². The minimum Gasteiger partial charge on any atom is -0.495 e. The predicted octanol–water partition coefficient (Wildman–Crippen LogP) is 1.45. The van der Waals surface area contributed by atoms with Crippen LogP contribution in [0.3, 0.4) is 0 Å². The summed E-state index contributed by atoms with van der Waals surface area (Å²) in [7, 11) is 3.30. The first-order valence-corrected chi connectivity index (χ1v) is 9.11. The van der Waals surface area contributed by atoms with E-state index >= 15 is 0 Å². The zero-order valence-electron chi connectivity index (χ0n) is 15.3. The standard InChI is InChI=1S/C19H29N3O3/c1-24-15-19(23)22-9-5-6-16(14-22)20-10-12-21(13-11-20)17-7-3-4-8-18(17)25-2/h3-4,7-8,16H,5-6,9-15H2,1-2H3. The van der Waals surface area contributed by atoms with Gasteiger partial charge in [0.2, 0.25) is 5.91 Å². The first-order chi connectivity index (χ1) is 12.2. The van der Waals surface area contributed by atoms with Crippen molar-refractivity contribution in [3.63, 3.8) is 0 Å². The summed E-state index contributed by atoms with van der Waals surface area (Å²) in [5, 5.41) is 0. The number of anilines is 1. The lowest BCUT2D eigenvalue weighted by Crippen LogP contribution is -2.56. The fourth-order valence-corrected chi connectivity index (χ4v) is 3.91. The number of carbonyl (C=O) groups excluding carboxylic acids is 1. The molecule has 0 N–H and O–H groups in total. The Hall–Kier alpha value is -1.79. The van der Waals surface area contributed by atoms with Crippen molar-refractivity contribution in [3.8, 4) is 5.75 Å². The topological polar surface area (TPSA) is 45.2 Å². The molecule has 0 aromatic heterocycles. The van der Waals surface area contributed by atoms with Gasteiger partial charge in [-0.3, -0.25) is 9.69 Å². The van der Waals surface area contributed by atoms with Gasteiger partial charge in [0.1, 0.15) is 12.4 Å². The average Bonchev–Trinajstić information content (AvgIpc) is 2.68. The van der Waals surface area contributed by atoms with Gasteiger partial charge in [-0.2, -0.15) is 0 Å². The van der Waals surface area contributed by atoms with Crippen molar-refractivity contribution in [2.45, 2.75) is 18.9 Å². The molecule has 0 aliphatic carbocycles. The van der Waals surface area contributed by atoms with Gasteiger partial charge in [-0.25, -0.2) is 0 Å². The van der Waals surface area contributed by atoms with Crippen LogP contribution in [0.4, 0.5) is 5.69 Å². The molecule has 0 radical (unpaired) electrons. The molecule has 25 heavy (non-hydrogen) atoms. The van der Waals surface area contributed by atoms with Crippen LogP contribution in [-0.4, -0.2) is 81.8 Å². The maximum atomic E-state index is 12.1. The Kier molecular flexibility index (Phi) is 6.15. The van der Waals surface area contributed by atoms with E-state index in [2.05, 4.69) is 21.9 Å². The molecule has 2 saturated heterocycles. The fraction of sp³-hybridized carbons (Fsp3) is 0.632. The Balaban J connectivity index is 1.56. The Labute approximate surface area is 150 Å². The van der Waals surface area contributed by atoms with Gasteiger partial charge in [0.05, 0.1) is 12.8 Å². The summed E-state index contributed by atoms with van der Waals surface area (Å²) in [6.45, 7) is 5.90. The van der Waals surface area contributed by atoms with Gasteiger partial charge < -0.3 is 19.3 Å². The number of rotatable bonds is 5. The summed E-state index contributed by atoms with van der Waals surface area (Å²) in [6, 6.07) is 8.67. The number of piperazine rings is 1. The van der Waals surface area contributed by atoms with Crippen LogP contribution < -0.4 is 9.64 Å². The third-order valence-electron chi connectivity index (χ3n) is 5.27. The van der Waals surface area contributed by atoms with Crippen molar-refractivity contribution in [1.29, 1.82) is 0 Å². The molecule has 2 aliphatic rings. The molecule has 0 saturated carbocycles. The summed E-state index contributed by atoms with van der Waals surface area (Å²) in [6.07, 6.45) is 2.25. The Morgan fingerprint density at radius 3 is 2.60 bits per heavy atom. The molecule has 0 spiro atoms. The molecular weight excluding hydrogens is 318 g/mol. The number of carbonyl (C=O) groups is 1. The van der Waals surface area contributed by atoms with E-state index in [9.17, 15) is 4.79 Å². The van der Waals surface area contributed by atoms with Gasteiger partial charge in [0, 0.05) is 52.4 Å². The number of para-hydroxylation sites is 2. The minimum atomic E-state index is 0.111. The molecular formula is C19H29N3O3. The maximum Gasteiger partial charge on any atom is 0.248 e. The number of hydrogen-bond acceptors (Lipinski definition) is 5. The molecule has 1 aromatic rings. The quantitative estimate of drug-likeness (QED) is 0.807. The Morgan fingerprint density at radius 1 is 1.12 bits per heavy atom. The molecule has 1 aromatic carbocycles. The number of benzene rings is 1. The van der Waals surface area contributed by atoms with Gasteiger partial charge in [0.15, 0.2) is 0 Å². The lowest BCUT2D eigenvalue weighted by Gasteiger charge is -2.44. The lowest BCUT2D eigenvalue weighted by molar-refractivity contribution is -0.137. The van der Waals surface area contributed by atoms with E-state index in [1.54, 1.807) is 14.2 Å². The van der Waals surface area contributed by atoms with Crippen LogP contribution in [0.15, 0.2) is 24.3 Å². The van der Waals surface area contributed by atoms with Gasteiger partial charge in [0.25, 0.3) is 0 Å². The smallest absolute Gasteiger partial charge is 0.248 e. The third-order valence-corrected chi connectivity index (χ3v) is 5.27. The fourth-order valence-electron chi connectivity index (χ4n) is 3.91. The van der Waals surface area contributed by atoms with Crippen molar-refractivity contribution < 1.29 is 14.3 Å². The van der Waals surface area contributed by atoms with Gasteiger partial charge >= 0.3 is 0 Å². The van der Waals surface area contributed by atoms with E-state index in [1.807, 2.05) is 17.0 Å². The summed E-state index contributed by atoms with van der Waals surface area (Å²) in [4.78, 5) is 19.0. The van der Waals surface area contributed by atoms with Crippen LogP contribution in [0.25, 0.3) is 0 Å². The zero-order valence-corrected chi connectivity index (χ0v) is 15.3. The molecule has 2 aliphatic heterocycles. The summed E-state index contributed by atoms with van der Waals surface area (Å²) >= 11 is 0. The molecule has 2 fully saturated rings. The number of hydrogen-bond donors (Lipinski definition) is 0. The second kappa shape index (κ2) is 8.54. The molecule has 1 amide bonds. The number of piperidine rings is 1. The highest BCUT2D eigenvalue weighted by molar-refractivity contribution is 5.77. The number of methoxy groups -OCH3 is 2. The molecule has 1 atom stereocenters. The zero-order chi connectivity index (χ0) is 17.6. The van der Waals surface area contributed by atoms with Gasteiger partial charge in [-0.05, 0) is 25.0 Å². The first-order valence-electron chi connectivity index (χ1n) is 9.11. The van der Waals surface area contributed by atoms with Crippen LogP contribution in [0.5, 0.6) is 5.75 Å². The van der Waals surface area contributed by atoms with Crippen LogP contribution in [0, 0.1) is 0 Å². The molecule has 0 bridgehead atoms. The van der Waals surface area contributed by atoms with Crippen molar-refractivity contribution in [1.82, 2.24) is 9.80 Å². The Bertz CT molecular complexity index is 573. The number of nitrogens with zero attached hydrogens (tertiary/aromatic N) is 3. The van der Waals surface area contributed by atoms with Crippen LogP contribution in [-0.2, 0) is 9.53 Å². The van der Waals surface area contributed by atoms with Gasteiger partial charge in [-0.15, -0.1) is 0 Å². The lowest BCUT2D eigenvalue weighted by atomic mass is 10.0. The highest BCUT2D eigenvalue weighted by Gasteiger charge is 2.30. The van der Waals surface area contributed by atoms with Gasteiger partial charge in [-0.1, -0.05) is 12.1 Å². The van der Waals surface area contributed by atoms with Crippen molar-refractivity contribution in [2.75, 3.05) is 65.0 Å². The second-order valence-electron chi connectivity index (χ2n) is 6.76. The van der Waals surface area contributed by atoms with E-state index in [1.165, 1.54) is 12.1 Å². The van der Waals surface area contributed by atoms with E-state index in [4.69, 9.17) is 9.47 Å². The van der Waals surface area contributed by atoms with E-state index in [-0.39, 0.29) is 12.5 Å². The number of amides is 1. The predicted molar refractivity (Wildman–Crippen MR) is 98.3 cm³/mol. The molecule has 138 valence electrons. The molecule has 3 rings (SSSR count). The molecule has 2 heterocycles. The molecule has 6 heteroatoms. The first kappa shape index (κ1) is 18.0. The van der Waals surface area contributed by atoms with Crippen molar-refractivity contribution >= 4 is 11.6 Å². The monoisotopic (exact) mass is 347 g/mol. The van der Waals surface area contributed by atoms with Crippen molar-refractivity contribution in [3.05, 3.63) is 24.3 Å². The van der Waals surface area contributed by atoms with Crippen molar-refractivity contribution in [2.24, 2.45) is 0 Å². The SMILES string of the molecule is COCC(=O)N1CCCC(N2CCN(c3ccccc3OC)CC2)C1. The highest BCUT2D eigenvalue weighted by atomic mass is 16.5. The second-order valence-corrected chi connectivity index (χ2v) is 6.76. The average molecular weight is 347 g/mol. The van der Waals surface area contributed by atoms with Crippen LogP contribution >= 0.6 is 0 Å². The Morgan fingerprint density at radius 2 is 1.88 bits per heavy atom. The largest absolute Gasteiger partial charge is 0.495 e. The summed E-state index contributed by atoms with van der Waals surface area (Å²) in [5.74, 6) is 1.05. The molecule has 1 unspecified atom stereocenters. The van der Waals surface area contributed by atoms with E-state index < -0.39 is 0 Å². The van der Waals surface area contributed by atoms with E-state index in [0.29, 0.717) is 6.04 Å². The number of ether oxygens (including phenoxy) is 2. The normalized spacial score (nSPS) is 22.1. The number of likely N-dealkylation sites (tertiary alicyclic amines) is 1. The van der Waals surface area contributed by atoms with E-state index in [0.717, 1.165) is 51.4 Å². The maximum absolute atomic E-state index is 12.1. The molecule has 6 nitrogen and oxygen atoms in total. The summed E-state index contributed by atoms with van der Waals surface area (Å²) in [5.41, 5.74) is 1.17. The highest BCUT2D eigenvalue weighted by Crippen LogP contribution is 2.29. The third kappa shape index (κ3) is 4.25. The minimum absolute atomic E-state index is 0.111. The summed E-state index contributed by atoms with van der Waals surface area (Å²) < 4.78 is 10.5. The van der Waals surface area contributed by atoms with Crippen LogP contribution in [0.2, 0.25) is 0 Å².